The maximum Gasteiger partial charge on any atom is 0.318 e. The zero-order valence-corrected chi connectivity index (χ0v) is 16.3. The van der Waals surface area contributed by atoms with Crippen LogP contribution in [0.4, 0.5) is 4.79 Å². The van der Waals surface area contributed by atoms with Gasteiger partial charge in [-0.2, -0.15) is 0 Å². The van der Waals surface area contributed by atoms with Gasteiger partial charge in [0.2, 0.25) is 0 Å². The highest BCUT2D eigenvalue weighted by molar-refractivity contribution is 5.75. The summed E-state index contributed by atoms with van der Waals surface area (Å²) in [5.74, 6) is 1.92. The highest BCUT2D eigenvalue weighted by Crippen LogP contribution is 2.34. The normalized spacial score (nSPS) is 16.5. The largest absolute Gasteiger partial charge is 0.508 e. The van der Waals surface area contributed by atoms with Crippen molar-refractivity contribution in [2.45, 2.75) is 32.9 Å². The Bertz CT molecular complexity index is 881. The molecule has 0 saturated carbocycles. The van der Waals surface area contributed by atoms with Crippen molar-refractivity contribution in [3.05, 3.63) is 53.1 Å². The van der Waals surface area contributed by atoms with Crippen molar-refractivity contribution in [3.8, 4) is 17.2 Å². The average molecular weight is 382 g/mol. The number of phenols is 1. The van der Waals surface area contributed by atoms with Crippen molar-refractivity contribution in [2.24, 2.45) is 5.92 Å². The molecule has 28 heavy (non-hydrogen) atoms. The van der Waals surface area contributed by atoms with Gasteiger partial charge in [0, 0.05) is 13.1 Å². The molecular weight excluding hydrogens is 356 g/mol. The molecule has 148 valence electrons. The number of aromatic hydroxyl groups is 1. The molecule has 0 saturated heterocycles. The third-order valence-corrected chi connectivity index (χ3v) is 5.36. The number of nitrogens with one attached hydrogen (secondary N) is 1. The van der Waals surface area contributed by atoms with Crippen molar-refractivity contribution in [3.63, 3.8) is 0 Å². The number of rotatable bonds is 3. The predicted molar refractivity (Wildman–Crippen MR) is 106 cm³/mol. The molecular formula is C22H26N2O4. The molecule has 1 atom stereocenters. The zero-order valence-electron chi connectivity index (χ0n) is 16.3. The van der Waals surface area contributed by atoms with Gasteiger partial charge in [0.1, 0.15) is 19.0 Å². The van der Waals surface area contributed by atoms with Gasteiger partial charge >= 0.3 is 6.03 Å². The van der Waals surface area contributed by atoms with Crippen molar-refractivity contribution in [1.29, 1.82) is 0 Å². The van der Waals surface area contributed by atoms with Crippen LogP contribution in [0.5, 0.6) is 17.2 Å². The first kappa shape index (κ1) is 18.5. The number of amides is 2. The summed E-state index contributed by atoms with van der Waals surface area (Å²) in [7, 11) is 0. The van der Waals surface area contributed by atoms with Crippen LogP contribution in [0.1, 0.15) is 36.6 Å². The average Bonchev–Trinajstić information content (AvgIpc) is 2.70. The van der Waals surface area contributed by atoms with E-state index in [1.54, 1.807) is 17.0 Å². The van der Waals surface area contributed by atoms with Crippen LogP contribution in [-0.4, -0.2) is 35.8 Å². The van der Waals surface area contributed by atoms with E-state index in [1.807, 2.05) is 24.3 Å². The molecule has 0 unspecified atom stereocenters. The molecule has 2 aliphatic heterocycles. The second-order valence-electron chi connectivity index (χ2n) is 7.70. The number of benzene rings is 2. The van der Waals surface area contributed by atoms with Gasteiger partial charge in [-0.1, -0.05) is 26.0 Å². The number of fused-ring (bicyclic) bond motifs is 2. The fourth-order valence-corrected chi connectivity index (χ4v) is 3.83. The molecule has 2 aliphatic rings. The number of phenolic OH excluding ortho intramolecular Hbond substituents is 1. The highest BCUT2D eigenvalue weighted by atomic mass is 16.6. The van der Waals surface area contributed by atoms with Gasteiger partial charge in [-0.05, 0) is 53.3 Å². The second kappa shape index (κ2) is 7.62. The Morgan fingerprint density at radius 2 is 1.86 bits per heavy atom. The highest BCUT2D eigenvalue weighted by Gasteiger charge is 2.26. The Morgan fingerprint density at radius 1 is 1.07 bits per heavy atom. The quantitative estimate of drug-likeness (QED) is 0.850. The van der Waals surface area contributed by atoms with Crippen molar-refractivity contribution in [2.75, 3.05) is 19.8 Å². The molecule has 6 heteroatoms. The van der Waals surface area contributed by atoms with E-state index in [4.69, 9.17) is 9.47 Å². The van der Waals surface area contributed by atoms with Gasteiger partial charge in [-0.3, -0.25) is 0 Å². The topological polar surface area (TPSA) is 71.0 Å². The van der Waals surface area contributed by atoms with E-state index in [9.17, 15) is 9.90 Å². The first-order chi connectivity index (χ1) is 13.5. The van der Waals surface area contributed by atoms with Crippen LogP contribution >= 0.6 is 0 Å². The number of hydrogen-bond acceptors (Lipinski definition) is 4. The van der Waals surface area contributed by atoms with E-state index < -0.39 is 0 Å². The monoisotopic (exact) mass is 382 g/mol. The SMILES string of the molecule is CC(C)[C@@H](NC(=O)N1CCc2ccc(O)cc2C1)c1ccc2c(c1)OCCO2. The molecule has 2 amide bonds. The van der Waals surface area contributed by atoms with E-state index in [0.29, 0.717) is 26.3 Å². The summed E-state index contributed by atoms with van der Waals surface area (Å²) in [5.41, 5.74) is 3.19. The van der Waals surface area contributed by atoms with Gasteiger partial charge in [-0.15, -0.1) is 0 Å². The third kappa shape index (κ3) is 3.72. The first-order valence-electron chi connectivity index (χ1n) is 9.77. The van der Waals surface area contributed by atoms with Crippen LogP contribution in [-0.2, 0) is 13.0 Å². The van der Waals surface area contributed by atoms with Crippen molar-refractivity contribution in [1.82, 2.24) is 10.2 Å². The third-order valence-electron chi connectivity index (χ3n) is 5.36. The van der Waals surface area contributed by atoms with E-state index >= 15 is 0 Å². The van der Waals surface area contributed by atoms with Crippen LogP contribution in [0.15, 0.2) is 36.4 Å². The Labute approximate surface area is 165 Å². The lowest BCUT2D eigenvalue weighted by Crippen LogP contribution is -2.45. The lowest BCUT2D eigenvalue weighted by Gasteiger charge is -2.32. The number of urea groups is 1. The molecule has 0 radical (unpaired) electrons. The Balaban J connectivity index is 1.50. The summed E-state index contributed by atoms with van der Waals surface area (Å²) in [4.78, 5) is 14.8. The summed E-state index contributed by atoms with van der Waals surface area (Å²) in [6, 6.07) is 11.0. The van der Waals surface area contributed by atoms with Crippen molar-refractivity contribution < 1.29 is 19.4 Å². The fraction of sp³-hybridized carbons (Fsp3) is 0.409. The standard InChI is InChI=1S/C22H26N2O4/c1-14(2)21(16-4-6-19-20(12-16)28-10-9-27-19)23-22(26)24-8-7-15-3-5-18(25)11-17(15)13-24/h3-6,11-12,14,21,25H,7-10,13H2,1-2H3,(H,23,26)/t21-/m1/s1. The minimum Gasteiger partial charge on any atom is -0.508 e. The summed E-state index contributed by atoms with van der Waals surface area (Å²) in [6.45, 7) is 6.44. The Hall–Kier alpha value is -2.89. The van der Waals surface area contributed by atoms with Gasteiger partial charge < -0.3 is 24.8 Å². The van der Waals surface area contributed by atoms with Gasteiger partial charge in [0.05, 0.1) is 6.04 Å². The molecule has 2 aromatic rings. The molecule has 0 spiro atoms. The molecule has 0 fully saturated rings. The minimum atomic E-state index is -0.131. The van der Waals surface area contributed by atoms with E-state index in [1.165, 1.54) is 5.56 Å². The number of nitrogens with zero attached hydrogens (tertiary/aromatic N) is 1. The molecule has 0 aliphatic carbocycles. The maximum absolute atomic E-state index is 13.0. The minimum absolute atomic E-state index is 0.0948. The van der Waals surface area contributed by atoms with Gasteiger partial charge in [0.15, 0.2) is 11.5 Å². The fourth-order valence-electron chi connectivity index (χ4n) is 3.83. The van der Waals surface area contributed by atoms with Gasteiger partial charge in [-0.25, -0.2) is 4.79 Å². The molecule has 2 N–H and O–H groups in total. The zero-order chi connectivity index (χ0) is 19.7. The molecule has 0 aromatic heterocycles. The van der Waals surface area contributed by atoms with Crippen LogP contribution in [0.2, 0.25) is 0 Å². The summed E-state index contributed by atoms with van der Waals surface area (Å²) >= 11 is 0. The van der Waals surface area contributed by atoms with E-state index in [0.717, 1.165) is 29.0 Å². The van der Waals surface area contributed by atoms with Crippen LogP contribution in [0.3, 0.4) is 0 Å². The van der Waals surface area contributed by atoms with E-state index in [2.05, 4.69) is 19.2 Å². The number of carbonyl (C=O) groups excluding carboxylic acids is 1. The summed E-state index contributed by atoms with van der Waals surface area (Å²) < 4.78 is 11.3. The number of carbonyl (C=O) groups is 1. The van der Waals surface area contributed by atoms with Crippen LogP contribution in [0.25, 0.3) is 0 Å². The first-order valence-corrected chi connectivity index (χ1v) is 9.77. The molecule has 2 aromatic carbocycles. The number of hydrogen-bond donors (Lipinski definition) is 2. The number of ether oxygens (including phenoxy) is 2. The van der Waals surface area contributed by atoms with Crippen LogP contribution in [0, 0.1) is 5.92 Å². The summed E-state index contributed by atoms with van der Waals surface area (Å²) in [5, 5.41) is 12.9. The van der Waals surface area contributed by atoms with E-state index in [-0.39, 0.29) is 23.7 Å². The van der Waals surface area contributed by atoms with Crippen molar-refractivity contribution >= 4 is 6.03 Å². The smallest absolute Gasteiger partial charge is 0.318 e. The van der Waals surface area contributed by atoms with Gasteiger partial charge in [0.25, 0.3) is 0 Å². The molecule has 2 heterocycles. The Kier molecular flexibility index (Phi) is 5.03. The lowest BCUT2D eigenvalue weighted by molar-refractivity contribution is 0.170. The summed E-state index contributed by atoms with van der Waals surface area (Å²) in [6.07, 6.45) is 0.791. The molecule has 4 rings (SSSR count). The molecule has 6 nitrogen and oxygen atoms in total. The second-order valence-corrected chi connectivity index (χ2v) is 7.70. The predicted octanol–water partition coefficient (Wildman–Crippen LogP) is 3.63. The molecule has 0 bridgehead atoms. The Morgan fingerprint density at radius 3 is 2.64 bits per heavy atom. The lowest BCUT2D eigenvalue weighted by atomic mass is 9.95. The van der Waals surface area contributed by atoms with Crippen LogP contribution < -0.4 is 14.8 Å². The maximum atomic E-state index is 13.0.